The SMILES string of the molecule is C/C(=N/Nc1nc2ccccc2c(=O)n1CCCOC(C)C)c1cc(C)ccc1C. The van der Waals surface area contributed by atoms with E-state index in [2.05, 4.69) is 47.6 Å². The maximum Gasteiger partial charge on any atom is 0.262 e. The molecule has 0 fully saturated rings. The molecule has 1 aromatic heterocycles. The smallest absolute Gasteiger partial charge is 0.262 e. The van der Waals surface area contributed by atoms with Gasteiger partial charge in [0.2, 0.25) is 5.95 Å². The van der Waals surface area contributed by atoms with Crippen LogP contribution in [0.25, 0.3) is 10.9 Å². The molecule has 0 unspecified atom stereocenters. The number of hydrazone groups is 1. The minimum absolute atomic E-state index is 0.0766. The van der Waals surface area contributed by atoms with Crippen molar-refractivity contribution < 1.29 is 4.74 Å². The molecule has 0 saturated heterocycles. The number of benzene rings is 2. The van der Waals surface area contributed by atoms with E-state index in [0.717, 1.165) is 16.8 Å². The number of nitrogens with one attached hydrogen (secondary N) is 1. The highest BCUT2D eigenvalue weighted by Gasteiger charge is 2.11. The Balaban J connectivity index is 1.93. The molecule has 6 heteroatoms. The van der Waals surface area contributed by atoms with E-state index in [-0.39, 0.29) is 11.7 Å². The summed E-state index contributed by atoms with van der Waals surface area (Å²) in [5.74, 6) is 0.438. The highest BCUT2D eigenvalue weighted by atomic mass is 16.5. The van der Waals surface area contributed by atoms with E-state index in [1.807, 2.05) is 39.0 Å². The van der Waals surface area contributed by atoms with Gasteiger partial charge in [-0.2, -0.15) is 5.10 Å². The minimum Gasteiger partial charge on any atom is -0.379 e. The summed E-state index contributed by atoms with van der Waals surface area (Å²) in [5, 5.41) is 5.14. The maximum atomic E-state index is 13.1. The van der Waals surface area contributed by atoms with Gasteiger partial charge < -0.3 is 4.74 Å². The first-order valence-electron chi connectivity index (χ1n) is 10.4. The molecule has 0 saturated carbocycles. The zero-order chi connectivity index (χ0) is 21.7. The first-order chi connectivity index (χ1) is 14.4. The quantitative estimate of drug-likeness (QED) is 0.335. The molecule has 0 aliphatic rings. The summed E-state index contributed by atoms with van der Waals surface area (Å²) in [4.78, 5) is 17.7. The third-order valence-corrected chi connectivity index (χ3v) is 4.95. The van der Waals surface area contributed by atoms with E-state index in [1.54, 1.807) is 10.6 Å². The molecule has 1 N–H and O–H groups in total. The number of rotatable bonds is 8. The summed E-state index contributed by atoms with van der Waals surface area (Å²) in [6.45, 7) is 11.2. The van der Waals surface area contributed by atoms with Crippen molar-refractivity contribution in [1.29, 1.82) is 0 Å². The molecule has 3 aromatic rings. The second-order valence-corrected chi connectivity index (χ2v) is 7.81. The van der Waals surface area contributed by atoms with Crippen LogP contribution >= 0.6 is 0 Å². The lowest BCUT2D eigenvalue weighted by Gasteiger charge is -2.14. The molecular weight excluding hydrogens is 376 g/mol. The summed E-state index contributed by atoms with van der Waals surface area (Å²) in [6.07, 6.45) is 0.880. The predicted molar refractivity (Wildman–Crippen MR) is 123 cm³/mol. The van der Waals surface area contributed by atoms with Crippen LogP contribution in [0.3, 0.4) is 0 Å². The average molecular weight is 407 g/mol. The molecule has 158 valence electrons. The lowest BCUT2D eigenvalue weighted by Crippen LogP contribution is -2.25. The molecule has 0 amide bonds. The Kier molecular flexibility index (Phi) is 7.00. The topological polar surface area (TPSA) is 68.5 Å². The number of ether oxygens (including phenoxy) is 1. The number of hydrogen-bond donors (Lipinski definition) is 1. The lowest BCUT2D eigenvalue weighted by atomic mass is 10.0. The number of hydrogen-bond acceptors (Lipinski definition) is 5. The van der Waals surface area contributed by atoms with Gasteiger partial charge in [0.15, 0.2) is 0 Å². The Bertz CT molecular complexity index is 1120. The Morgan fingerprint density at radius 3 is 2.73 bits per heavy atom. The van der Waals surface area contributed by atoms with Crippen LogP contribution in [0.5, 0.6) is 0 Å². The monoisotopic (exact) mass is 406 g/mol. The van der Waals surface area contributed by atoms with E-state index in [1.165, 1.54) is 5.56 Å². The van der Waals surface area contributed by atoms with Crippen LogP contribution in [0.2, 0.25) is 0 Å². The zero-order valence-corrected chi connectivity index (χ0v) is 18.4. The van der Waals surface area contributed by atoms with Crippen LogP contribution in [-0.2, 0) is 11.3 Å². The van der Waals surface area contributed by atoms with Crippen molar-refractivity contribution in [2.45, 2.75) is 53.7 Å². The first kappa shape index (κ1) is 21.7. The Hall–Kier alpha value is -2.99. The van der Waals surface area contributed by atoms with Gasteiger partial charge in [0, 0.05) is 18.7 Å². The summed E-state index contributed by atoms with van der Waals surface area (Å²) < 4.78 is 7.27. The van der Waals surface area contributed by atoms with E-state index < -0.39 is 0 Å². The Morgan fingerprint density at radius 1 is 1.20 bits per heavy atom. The van der Waals surface area contributed by atoms with Crippen molar-refractivity contribution in [1.82, 2.24) is 9.55 Å². The van der Waals surface area contributed by atoms with Gasteiger partial charge in [-0.05, 0) is 64.8 Å². The summed E-state index contributed by atoms with van der Waals surface area (Å²) in [6, 6.07) is 13.7. The van der Waals surface area contributed by atoms with E-state index in [9.17, 15) is 4.79 Å². The lowest BCUT2D eigenvalue weighted by molar-refractivity contribution is 0.0748. The third kappa shape index (κ3) is 5.13. The summed E-state index contributed by atoms with van der Waals surface area (Å²) in [7, 11) is 0. The number of para-hydroxylation sites is 1. The molecule has 0 spiro atoms. The van der Waals surface area contributed by atoms with Gasteiger partial charge in [-0.3, -0.25) is 9.36 Å². The van der Waals surface area contributed by atoms with E-state index >= 15 is 0 Å². The number of fused-ring (bicyclic) bond motifs is 1. The largest absolute Gasteiger partial charge is 0.379 e. The second-order valence-electron chi connectivity index (χ2n) is 7.81. The van der Waals surface area contributed by atoms with Crippen LogP contribution in [0.1, 0.15) is 43.9 Å². The van der Waals surface area contributed by atoms with E-state index in [4.69, 9.17) is 4.74 Å². The second kappa shape index (κ2) is 9.67. The minimum atomic E-state index is -0.0766. The van der Waals surface area contributed by atoms with Gasteiger partial charge in [0.05, 0.1) is 22.7 Å². The molecule has 0 bridgehead atoms. The fourth-order valence-corrected chi connectivity index (χ4v) is 3.32. The van der Waals surface area contributed by atoms with Crippen LogP contribution < -0.4 is 11.0 Å². The fourth-order valence-electron chi connectivity index (χ4n) is 3.32. The van der Waals surface area contributed by atoms with Crippen molar-refractivity contribution in [2.24, 2.45) is 5.10 Å². The van der Waals surface area contributed by atoms with Crippen molar-refractivity contribution in [3.05, 3.63) is 69.5 Å². The highest BCUT2D eigenvalue weighted by Crippen LogP contribution is 2.14. The predicted octanol–water partition coefficient (Wildman–Crippen LogP) is 4.66. The van der Waals surface area contributed by atoms with Gasteiger partial charge in [-0.15, -0.1) is 0 Å². The zero-order valence-electron chi connectivity index (χ0n) is 18.4. The molecule has 0 aliphatic heterocycles. The molecule has 0 atom stereocenters. The maximum absolute atomic E-state index is 13.1. The summed E-state index contributed by atoms with van der Waals surface area (Å²) in [5.41, 5.74) is 7.86. The van der Waals surface area contributed by atoms with Crippen LogP contribution in [-0.4, -0.2) is 28.0 Å². The standard InChI is InChI=1S/C24H30N4O2/c1-16(2)30-14-8-13-28-23(29)20-9-6-7-10-22(20)25-24(28)27-26-19(5)21-15-17(3)11-12-18(21)4/h6-7,9-12,15-16H,8,13-14H2,1-5H3,(H,25,27)/b26-19-. The molecular formula is C24H30N4O2. The van der Waals surface area contributed by atoms with Gasteiger partial charge in [-0.1, -0.05) is 29.8 Å². The highest BCUT2D eigenvalue weighted by molar-refractivity contribution is 6.00. The van der Waals surface area contributed by atoms with Crippen molar-refractivity contribution >= 4 is 22.6 Å². The average Bonchev–Trinajstić information content (AvgIpc) is 2.72. The summed E-state index contributed by atoms with van der Waals surface area (Å²) >= 11 is 0. The fraction of sp³-hybridized carbons (Fsp3) is 0.375. The normalized spacial score (nSPS) is 12.0. The Morgan fingerprint density at radius 2 is 1.97 bits per heavy atom. The van der Waals surface area contributed by atoms with Crippen LogP contribution in [0, 0.1) is 13.8 Å². The number of aromatic nitrogens is 2. The molecule has 6 nitrogen and oxygen atoms in total. The first-order valence-corrected chi connectivity index (χ1v) is 10.4. The van der Waals surface area contributed by atoms with E-state index in [0.29, 0.717) is 36.4 Å². The Labute approximate surface area is 177 Å². The number of aryl methyl sites for hydroxylation is 2. The van der Waals surface area contributed by atoms with Crippen molar-refractivity contribution in [3.63, 3.8) is 0 Å². The van der Waals surface area contributed by atoms with Crippen molar-refractivity contribution in [2.75, 3.05) is 12.0 Å². The molecule has 3 rings (SSSR count). The van der Waals surface area contributed by atoms with Gasteiger partial charge >= 0.3 is 0 Å². The number of nitrogens with zero attached hydrogens (tertiary/aromatic N) is 3. The van der Waals surface area contributed by atoms with Crippen LogP contribution in [0.4, 0.5) is 5.95 Å². The molecule has 1 heterocycles. The third-order valence-electron chi connectivity index (χ3n) is 4.95. The molecule has 0 aliphatic carbocycles. The molecule has 30 heavy (non-hydrogen) atoms. The van der Waals surface area contributed by atoms with Crippen molar-refractivity contribution in [3.8, 4) is 0 Å². The van der Waals surface area contributed by atoms with Gasteiger partial charge in [0.1, 0.15) is 0 Å². The molecule has 2 aromatic carbocycles. The number of anilines is 1. The molecule has 0 radical (unpaired) electrons. The van der Waals surface area contributed by atoms with Gasteiger partial charge in [0.25, 0.3) is 5.56 Å². The van der Waals surface area contributed by atoms with Crippen LogP contribution in [0.15, 0.2) is 52.4 Å². The van der Waals surface area contributed by atoms with Gasteiger partial charge in [-0.25, -0.2) is 10.4 Å².